The van der Waals surface area contributed by atoms with Crippen molar-refractivity contribution in [2.75, 3.05) is 0 Å². The molecule has 2 rings (SSSR count). The van der Waals surface area contributed by atoms with Gasteiger partial charge < -0.3 is 0 Å². The van der Waals surface area contributed by atoms with E-state index >= 15 is 0 Å². The van der Waals surface area contributed by atoms with Gasteiger partial charge in [-0.1, -0.05) is 56.5 Å². The first-order valence-corrected chi connectivity index (χ1v) is 8.60. The fourth-order valence-electron chi connectivity index (χ4n) is 3.53. The number of hydrogen-bond acceptors (Lipinski definition) is 0. The van der Waals surface area contributed by atoms with Crippen molar-refractivity contribution in [2.24, 2.45) is 0 Å². The van der Waals surface area contributed by atoms with Crippen LogP contribution >= 0.6 is 0 Å². The maximum absolute atomic E-state index is 2.49. The summed E-state index contributed by atoms with van der Waals surface area (Å²) in [5.74, 6) is 0.800. The molecule has 0 N–H and O–H groups in total. The lowest BCUT2D eigenvalue weighted by Gasteiger charge is -2.17. The van der Waals surface area contributed by atoms with Crippen LogP contribution in [-0.2, 0) is 6.42 Å². The van der Waals surface area contributed by atoms with Crippen molar-refractivity contribution in [1.82, 2.24) is 0 Å². The molecule has 1 aromatic rings. The van der Waals surface area contributed by atoms with Crippen molar-refractivity contribution >= 4 is 5.57 Å². The Kier molecular flexibility index (Phi) is 5.85. The van der Waals surface area contributed by atoms with Crippen molar-refractivity contribution in [1.29, 1.82) is 0 Å². The minimum Gasteiger partial charge on any atom is -0.0874 e. The molecular weight excluding hydrogens is 252 g/mol. The highest BCUT2D eigenvalue weighted by Crippen LogP contribution is 2.36. The van der Waals surface area contributed by atoms with Crippen LogP contribution in [0.4, 0.5) is 0 Å². The summed E-state index contributed by atoms with van der Waals surface area (Å²) in [6, 6.07) is 7.27. The van der Waals surface area contributed by atoms with E-state index in [1.54, 1.807) is 5.56 Å². The average molecular weight is 282 g/mol. The fourth-order valence-corrected chi connectivity index (χ4v) is 3.53. The summed E-state index contributed by atoms with van der Waals surface area (Å²) in [6.07, 6.45) is 12.3. The molecule has 0 unspecified atom stereocenters. The van der Waals surface area contributed by atoms with Gasteiger partial charge in [0.05, 0.1) is 0 Å². The van der Waals surface area contributed by atoms with Crippen LogP contribution < -0.4 is 0 Å². The Morgan fingerprint density at radius 2 is 1.90 bits per heavy atom. The second-order valence-corrected chi connectivity index (χ2v) is 6.46. The molecule has 0 nitrogen and oxygen atoms in total. The molecule has 0 aromatic heterocycles. The minimum absolute atomic E-state index is 0.800. The maximum Gasteiger partial charge on any atom is -0.0162 e. The Balaban J connectivity index is 2.43. The van der Waals surface area contributed by atoms with E-state index in [1.807, 2.05) is 0 Å². The molecule has 21 heavy (non-hydrogen) atoms. The van der Waals surface area contributed by atoms with Crippen LogP contribution in [0.3, 0.4) is 0 Å². The minimum atomic E-state index is 0.800. The Morgan fingerprint density at radius 1 is 1.19 bits per heavy atom. The van der Waals surface area contributed by atoms with Gasteiger partial charge in [0.1, 0.15) is 0 Å². The van der Waals surface area contributed by atoms with Gasteiger partial charge in [0.2, 0.25) is 0 Å². The predicted octanol–water partition coefficient (Wildman–Crippen LogP) is 6.67. The van der Waals surface area contributed by atoms with Crippen molar-refractivity contribution in [3.8, 4) is 0 Å². The third kappa shape index (κ3) is 3.87. The molecule has 0 radical (unpaired) electrons. The monoisotopic (exact) mass is 282 g/mol. The van der Waals surface area contributed by atoms with Gasteiger partial charge in [-0.15, -0.1) is 0 Å². The second-order valence-electron chi connectivity index (χ2n) is 6.46. The topological polar surface area (TPSA) is 0 Å². The van der Waals surface area contributed by atoms with Crippen molar-refractivity contribution in [3.63, 3.8) is 0 Å². The molecule has 1 aliphatic carbocycles. The normalized spacial score (nSPS) is 17.5. The van der Waals surface area contributed by atoms with Crippen LogP contribution in [0.1, 0.15) is 82.4 Å². The van der Waals surface area contributed by atoms with E-state index in [2.05, 4.69) is 58.0 Å². The third-order valence-electron chi connectivity index (χ3n) is 4.89. The maximum atomic E-state index is 2.49. The van der Waals surface area contributed by atoms with Gasteiger partial charge in [0, 0.05) is 0 Å². The van der Waals surface area contributed by atoms with Crippen LogP contribution in [0.5, 0.6) is 0 Å². The molecule has 0 aliphatic heterocycles. The van der Waals surface area contributed by atoms with Gasteiger partial charge >= 0.3 is 0 Å². The quantitative estimate of drug-likeness (QED) is 0.529. The molecule has 0 heterocycles. The van der Waals surface area contributed by atoms with Gasteiger partial charge in [-0.25, -0.2) is 0 Å². The van der Waals surface area contributed by atoms with Crippen LogP contribution in [-0.4, -0.2) is 0 Å². The highest BCUT2D eigenvalue weighted by atomic mass is 14.2. The Bertz CT molecular complexity index is 525. The lowest BCUT2D eigenvalue weighted by atomic mass is 9.88. The molecule has 0 heteroatoms. The zero-order valence-electron chi connectivity index (χ0n) is 14.2. The van der Waals surface area contributed by atoms with Crippen molar-refractivity contribution < 1.29 is 0 Å². The van der Waals surface area contributed by atoms with Gasteiger partial charge in [0.25, 0.3) is 0 Å². The molecule has 1 fully saturated rings. The molecule has 0 saturated heterocycles. The molecule has 114 valence electrons. The first kappa shape index (κ1) is 16.1. The van der Waals surface area contributed by atoms with E-state index in [-0.39, 0.29) is 0 Å². The first-order valence-electron chi connectivity index (χ1n) is 8.60. The third-order valence-corrected chi connectivity index (χ3v) is 4.89. The Hall–Kier alpha value is -1.30. The van der Waals surface area contributed by atoms with Gasteiger partial charge in [-0.3, -0.25) is 0 Å². The number of aryl methyl sites for hydroxylation is 1. The number of allylic oxidation sites excluding steroid dienone is 4. The zero-order valence-corrected chi connectivity index (χ0v) is 14.2. The highest BCUT2D eigenvalue weighted by Gasteiger charge is 2.18. The molecule has 1 aromatic carbocycles. The van der Waals surface area contributed by atoms with E-state index in [0.29, 0.717) is 0 Å². The van der Waals surface area contributed by atoms with E-state index in [9.17, 15) is 0 Å². The number of hydrogen-bond donors (Lipinski definition) is 0. The predicted molar refractivity (Wildman–Crippen MR) is 94.7 cm³/mol. The summed E-state index contributed by atoms with van der Waals surface area (Å²) < 4.78 is 0. The second kappa shape index (κ2) is 7.64. The largest absolute Gasteiger partial charge is 0.0874 e. The van der Waals surface area contributed by atoms with Crippen LogP contribution in [0.15, 0.2) is 35.9 Å². The lowest BCUT2D eigenvalue weighted by molar-refractivity contribution is 0.722. The summed E-state index contributed by atoms with van der Waals surface area (Å²) in [6.45, 7) is 8.88. The van der Waals surface area contributed by atoms with Gasteiger partial charge in [-0.2, -0.15) is 0 Å². The molecule has 0 spiro atoms. The van der Waals surface area contributed by atoms with E-state index in [0.717, 1.165) is 5.92 Å². The van der Waals surface area contributed by atoms with Crippen molar-refractivity contribution in [3.05, 3.63) is 52.6 Å². The Labute approximate surface area is 131 Å². The lowest BCUT2D eigenvalue weighted by Crippen LogP contribution is -1.99. The standard InChI is InChI=1S/C21H30/c1-5-9-16(3)17(4)21-15-20(18-11-7-8-12-18)14-13-19(21)10-6-2/h5,9,13-15,18H,6-8,10-12H2,1-4H3/b9-5-,17-16+. The van der Waals surface area contributed by atoms with Gasteiger partial charge in [0.15, 0.2) is 0 Å². The first-order chi connectivity index (χ1) is 10.2. The highest BCUT2D eigenvalue weighted by molar-refractivity contribution is 5.71. The van der Waals surface area contributed by atoms with Crippen LogP contribution in [0.2, 0.25) is 0 Å². The Morgan fingerprint density at radius 3 is 2.52 bits per heavy atom. The van der Waals surface area contributed by atoms with E-state index in [4.69, 9.17) is 0 Å². The average Bonchev–Trinajstić information content (AvgIpc) is 3.02. The smallest absolute Gasteiger partial charge is 0.0162 e. The number of rotatable bonds is 5. The summed E-state index contributed by atoms with van der Waals surface area (Å²) in [7, 11) is 0. The van der Waals surface area contributed by atoms with Crippen molar-refractivity contribution in [2.45, 2.75) is 72.1 Å². The molecule has 0 amide bonds. The molecule has 0 bridgehead atoms. The van der Waals surface area contributed by atoms with Crippen LogP contribution in [0.25, 0.3) is 5.57 Å². The SMILES string of the molecule is C/C=C\C(C)=C(/C)c1cc(C2CCCC2)ccc1CCC. The van der Waals surface area contributed by atoms with E-state index in [1.165, 1.54) is 60.8 Å². The van der Waals surface area contributed by atoms with E-state index < -0.39 is 0 Å². The fraction of sp³-hybridized carbons (Fsp3) is 0.524. The molecular formula is C21H30. The van der Waals surface area contributed by atoms with Gasteiger partial charge in [-0.05, 0) is 73.8 Å². The summed E-state index contributed by atoms with van der Waals surface area (Å²) >= 11 is 0. The zero-order chi connectivity index (χ0) is 15.2. The molecule has 1 aliphatic rings. The number of benzene rings is 1. The molecule has 0 atom stereocenters. The summed E-state index contributed by atoms with van der Waals surface area (Å²) in [5, 5.41) is 0. The molecule has 1 saturated carbocycles. The van der Waals surface area contributed by atoms with Crippen LogP contribution in [0, 0.1) is 0 Å². The summed E-state index contributed by atoms with van der Waals surface area (Å²) in [4.78, 5) is 0. The summed E-state index contributed by atoms with van der Waals surface area (Å²) in [5.41, 5.74) is 7.39.